The molecular formula is C15H18N4O. The molecule has 1 aromatic heterocycles. The van der Waals surface area contributed by atoms with E-state index in [1.807, 2.05) is 30.3 Å². The van der Waals surface area contributed by atoms with Crippen LogP contribution in [0.3, 0.4) is 0 Å². The number of benzene rings is 1. The van der Waals surface area contributed by atoms with Crippen molar-refractivity contribution in [2.45, 2.75) is 13.8 Å². The number of anilines is 1. The van der Waals surface area contributed by atoms with Crippen molar-refractivity contribution in [2.75, 3.05) is 11.9 Å². The third-order valence-corrected chi connectivity index (χ3v) is 2.72. The molecule has 0 atom stereocenters. The van der Waals surface area contributed by atoms with Gasteiger partial charge in [-0.05, 0) is 12.0 Å². The molecule has 0 saturated heterocycles. The Morgan fingerprint density at radius 3 is 2.55 bits per heavy atom. The average molecular weight is 270 g/mol. The molecule has 20 heavy (non-hydrogen) atoms. The number of nitrogens with two attached hydrogens (primary N) is 1. The summed E-state index contributed by atoms with van der Waals surface area (Å²) in [5.74, 6) is 0.321. The Kier molecular flexibility index (Phi) is 4.30. The van der Waals surface area contributed by atoms with Gasteiger partial charge in [-0.25, -0.2) is 9.97 Å². The molecular weight excluding hydrogens is 252 g/mol. The molecule has 5 nitrogen and oxygen atoms in total. The van der Waals surface area contributed by atoms with E-state index >= 15 is 0 Å². The summed E-state index contributed by atoms with van der Waals surface area (Å²) in [4.78, 5) is 19.9. The van der Waals surface area contributed by atoms with Crippen LogP contribution in [-0.2, 0) is 0 Å². The lowest BCUT2D eigenvalue weighted by atomic mass is 10.1. The third kappa shape index (κ3) is 3.54. The first-order chi connectivity index (χ1) is 9.56. The number of rotatable bonds is 5. The van der Waals surface area contributed by atoms with Gasteiger partial charge in [0.1, 0.15) is 5.69 Å². The summed E-state index contributed by atoms with van der Waals surface area (Å²) < 4.78 is 0. The summed E-state index contributed by atoms with van der Waals surface area (Å²) >= 11 is 0. The molecule has 2 rings (SSSR count). The molecule has 1 heterocycles. The fourth-order valence-electron chi connectivity index (χ4n) is 1.70. The highest BCUT2D eigenvalue weighted by Crippen LogP contribution is 2.19. The van der Waals surface area contributed by atoms with E-state index in [4.69, 9.17) is 5.73 Å². The number of nitrogens with zero attached hydrogens (tertiary/aromatic N) is 2. The van der Waals surface area contributed by atoms with Crippen molar-refractivity contribution in [1.82, 2.24) is 9.97 Å². The summed E-state index contributed by atoms with van der Waals surface area (Å²) in [6.45, 7) is 4.91. The van der Waals surface area contributed by atoms with Crippen molar-refractivity contribution in [3.8, 4) is 11.3 Å². The van der Waals surface area contributed by atoms with E-state index in [0.29, 0.717) is 17.6 Å². The molecule has 0 aliphatic heterocycles. The number of primary amides is 1. The van der Waals surface area contributed by atoms with Crippen LogP contribution in [0.25, 0.3) is 11.3 Å². The molecule has 0 spiro atoms. The Hall–Kier alpha value is -2.43. The summed E-state index contributed by atoms with van der Waals surface area (Å²) in [6.07, 6.45) is 0. The largest absolute Gasteiger partial charge is 0.364 e. The van der Waals surface area contributed by atoms with Crippen LogP contribution in [0.1, 0.15) is 24.3 Å². The molecule has 0 unspecified atom stereocenters. The number of hydrogen-bond donors (Lipinski definition) is 2. The highest BCUT2D eigenvalue weighted by Gasteiger charge is 2.10. The number of aromatic nitrogens is 2. The van der Waals surface area contributed by atoms with Gasteiger partial charge in [0.25, 0.3) is 5.91 Å². The fourth-order valence-corrected chi connectivity index (χ4v) is 1.70. The van der Waals surface area contributed by atoms with Gasteiger partial charge in [0, 0.05) is 12.1 Å². The molecule has 0 saturated carbocycles. The Morgan fingerprint density at radius 1 is 1.25 bits per heavy atom. The topological polar surface area (TPSA) is 80.9 Å². The zero-order valence-corrected chi connectivity index (χ0v) is 11.6. The smallest absolute Gasteiger partial charge is 0.267 e. The van der Waals surface area contributed by atoms with E-state index in [9.17, 15) is 4.79 Å². The highest BCUT2D eigenvalue weighted by molar-refractivity contribution is 5.92. The molecule has 2 aromatic rings. The third-order valence-electron chi connectivity index (χ3n) is 2.72. The van der Waals surface area contributed by atoms with E-state index in [1.54, 1.807) is 6.07 Å². The Balaban J connectivity index is 2.38. The van der Waals surface area contributed by atoms with Crippen LogP contribution in [0, 0.1) is 5.92 Å². The summed E-state index contributed by atoms with van der Waals surface area (Å²) in [7, 11) is 0. The Morgan fingerprint density at radius 2 is 1.95 bits per heavy atom. The molecule has 1 amide bonds. The summed E-state index contributed by atoms with van der Waals surface area (Å²) in [5, 5.41) is 3.12. The van der Waals surface area contributed by atoms with Gasteiger partial charge in [-0.15, -0.1) is 0 Å². The van der Waals surface area contributed by atoms with E-state index in [1.165, 1.54) is 0 Å². The number of carbonyl (C=O) groups is 1. The molecule has 0 aliphatic rings. The lowest BCUT2D eigenvalue weighted by Gasteiger charge is -2.10. The minimum Gasteiger partial charge on any atom is -0.364 e. The molecule has 0 aliphatic carbocycles. The van der Waals surface area contributed by atoms with Crippen LogP contribution >= 0.6 is 0 Å². The standard InChI is InChI=1S/C15H18N4O/c1-10(2)9-17-15-18-12(8-13(19-15)14(16)20)11-6-4-3-5-7-11/h3-8,10H,9H2,1-2H3,(H2,16,20)(H,17,18,19). The zero-order chi connectivity index (χ0) is 14.5. The number of carbonyl (C=O) groups excluding carboxylic acids is 1. The van der Waals surface area contributed by atoms with Crippen LogP contribution in [0.2, 0.25) is 0 Å². The van der Waals surface area contributed by atoms with Crippen LogP contribution in [0.4, 0.5) is 5.95 Å². The maximum atomic E-state index is 11.4. The minimum atomic E-state index is -0.558. The molecule has 0 bridgehead atoms. The van der Waals surface area contributed by atoms with Crippen molar-refractivity contribution < 1.29 is 4.79 Å². The van der Waals surface area contributed by atoms with Crippen molar-refractivity contribution in [3.05, 3.63) is 42.1 Å². The predicted octanol–water partition coefficient (Wildman–Crippen LogP) is 2.31. The van der Waals surface area contributed by atoms with Gasteiger partial charge >= 0.3 is 0 Å². The second-order valence-corrected chi connectivity index (χ2v) is 4.97. The van der Waals surface area contributed by atoms with E-state index in [0.717, 1.165) is 12.1 Å². The average Bonchev–Trinajstić information content (AvgIpc) is 2.45. The van der Waals surface area contributed by atoms with Crippen LogP contribution in [0.5, 0.6) is 0 Å². The SMILES string of the molecule is CC(C)CNc1nc(C(N)=O)cc(-c2ccccc2)n1. The van der Waals surface area contributed by atoms with Gasteiger partial charge in [-0.2, -0.15) is 0 Å². The fraction of sp³-hybridized carbons (Fsp3) is 0.267. The van der Waals surface area contributed by atoms with Crippen LogP contribution in [0.15, 0.2) is 36.4 Å². The van der Waals surface area contributed by atoms with Crippen molar-refractivity contribution in [1.29, 1.82) is 0 Å². The minimum absolute atomic E-state index is 0.213. The lowest BCUT2D eigenvalue weighted by Crippen LogP contribution is -2.17. The molecule has 1 aromatic carbocycles. The number of nitrogens with one attached hydrogen (secondary N) is 1. The van der Waals surface area contributed by atoms with Gasteiger partial charge in [0.2, 0.25) is 5.95 Å². The molecule has 0 radical (unpaired) electrons. The zero-order valence-electron chi connectivity index (χ0n) is 11.6. The Bertz CT molecular complexity index is 596. The van der Waals surface area contributed by atoms with Gasteiger partial charge in [0.15, 0.2) is 0 Å². The van der Waals surface area contributed by atoms with E-state index < -0.39 is 5.91 Å². The first-order valence-corrected chi connectivity index (χ1v) is 6.54. The Labute approximate surface area is 118 Å². The van der Waals surface area contributed by atoms with E-state index in [2.05, 4.69) is 29.1 Å². The highest BCUT2D eigenvalue weighted by atomic mass is 16.1. The van der Waals surface area contributed by atoms with Crippen LogP contribution < -0.4 is 11.1 Å². The van der Waals surface area contributed by atoms with Gasteiger partial charge in [-0.1, -0.05) is 44.2 Å². The first kappa shape index (κ1) is 14.0. The molecule has 0 fully saturated rings. The predicted molar refractivity (Wildman–Crippen MR) is 79.3 cm³/mol. The normalized spacial score (nSPS) is 10.6. The lowest BCUT2D eigenvalue weighted by molar-refractivity contribution is 0.0995. The van der Waals surface area contributed by atoms with Crippen molar-refractivity contribution in [3.63, 3.8) is 0 Å². The first-order valence-electron chi connectivity index (χ1n) is 6.54. The van der Waals surface area contributed by atoms with Gasteiger partial charge in [-0.3, -0.25) is 4.79 Å². The monoisotopic (exact) mass is 270 g/mol. The summed E-state index contributed by atoms with van der Waals surface area (Å²) in [5.41, 5.74) is 7.14. The van der Waals surface area contributed by atoms with Crippen molar-refractivity contribution >= 4 is 11.9 Å². The second-order valence-electron chi connectivity index (χ2n) is 4.97. The van der Waals surface area contributed by atoms with Crippen molar-refractivity contribution in [2.24, 2.45) is 11.7 Å². The van der Waals surface area contributed by atoms with Crippen LogP contribution in [-0.4, -0.2) is 22.4 Å². The number of hydrogen-bond acceptors (Lipinski definition) is 4. The molecule has 3 N–H and O–H groups in total. The second kappa shape index (κ2) is 6.14. The summed E-state index contributed by atoms with van der Waals surface area (Å²) in [6, 6.07) is 11.2. The van der Waals surface area contributed by atoms with Gasteiger partial charge in [0.05, 0.1) is 5.69 Å². The van der Waals surface area contributed by atoms with E-state index in [-0.39, 0.29) is 5.69 Å². The molecule has 5 heteroatoms. The number of amides is 1. The molecule has 104 valence electrons. The van der Waals surface area contributed by atoms with Gasteiger partial charge < -0.3 is 11.1 Å². The quantitative estimate of drug-likeness (QED) is 0.873. The maximum Gasteiger partial charge on any atom is 0.267 e. The maximum absolute atomic E-state index is 11.4.